The molecule has 220 valence electrons. The van der Waals surface area contributed by atoms with Gasteiger partial charge in [0.2, 0.25) is 0 Å². The summed E-state index contributed by atoms with van der Waals surface area (Å²) in [7, 11) is 0. The highest BCUT2D eigenvalue weighted by molar-refractivity contribution is 6.45. The van der Waals surface area contributed by atoms with Gasteiger partial charge in [0.1, 0.15) is 0 Å². The van der Waals surface area contributed by atoms with E-state index in [2.05, 4.69) is 170 Å². The molecule has 0 unspecified atom stereocenters. The van der Waals surface area contributed by atoms with Crippen molar-refractivity contribution < 1.29 is 0 Å². The predicted octanol–water partition coefficient (Wildman–Crippen LogP) is 13.6. The second-order valence-corrected chi connectivity index (χ2v) is 13.1. The van der Waals surface area contributed by atoms with E-state index in [1.54, 1.807) is 0 Å². The quantitative estimate of drug-likeness (QED) is 0.176. The Morgan fingerprint density at radius 3 is 1.44 bits per heavy atom. The molecule has 0 aliphatic rings. The van der Waals surface area contributed by atoms with Crippen LogP contribution in [-0.2, 0) is 0 Å². The maximum Gasteiger partial charge on any atom is -0.000697 e. The SMILES string of the molecule is c1ccc(-c2cc3cccc4c5c(-c6ccccc6)c6cc7c8ccccc8c8cccc(c6c(-c6ccccc6)c5c(c2)c34)c87)cc1. The highest BCUT2D eigenvalue weighted by Gasteiger charge is 2.26. The molecule has 48 heavy (non-hydrogen) atoms. The van der Waals surface area contributed by atoms with Gasteiger partial charge in [-0.2, -0.15) is 0 Å². The Hall–Kier alpha value is -6.24. The minimum atomic E-state index is 1.24. The Morgan fingerprint density at radius 2 is 0.729 bits per heavy atom. The van der Waals surface area contributed by atoms with Crippen LogP contribution in [-0.4, -0.2) is 0 Å². The molecule has 11 rings (SSSR count). The predicted molar refractivity (Wildman–Crippen MR) is 208 cm³/mol. The van der Waals surface area contributed by atoms with Crippen LogP contribution in [0, 0.1) is 0 Å². The van der Waals surface area contributed by atoms with Crippen LogP contribution in [0.1, 0.15) is 0 Å². The molecule has 0 bridgehead atoms. The lowest BCUT2D eigenvalue weighted by molar-refractivity contribution is 1.66. The number of fused-ring (bicyclic) bond motifs is 8. The van der Waals surface area contributed by atoms with Crippen LogP contribution in [0.25, 0.3) is 109 Å². The van der Waals surface area contributed by atoms with Gasteiger partial charge in [0.15, 0.2) is 0 Å². The van der Waals surface area contributed by atoms with Gasteiger partial charge in [0.25, 0.3) is 0 Å². The fraction of sp³-hybridized carbons (Fsp3) is 0. The molecule has 0 fully saturated rings. The molecule has 0 saturated heterocycles. The van der Waals surface area contributed by atoms with E-state index in [9.17, 15) is 0 Å². The first kappa shape index (κ1) is 25.9. The van der Waals surface area contributed by atoms with Gasteiger partial charge in [-0.1, -0.05) is 152 Å². The lowest BCUT2D eigenvalue weighted by atomic mass is 9.83. The lowest BCUT2D eigenvalue weighted by Crippen LogP contribution is -1.91. The summed E-state index contributed by atoms with van der Waals surface area (Å²) in [6, 6.07) is 63.1. The molecule has 0 saturated carbocycles. The monoisotopic (exact) mass is 604 g/mol. The van der Waals surface area contributed by atoms with E-state index in [-0.39, 0.29) is 0 Å². The summed E-state index contributed by atoms with van der Waals surface area (Å²) in [5.74, 6) is 0. The van der Waals surface area contributed by atoms with E-state index < -0.39 is 0 Å². The number of rotatable bonds is 3. The van der Waals surface area contributed by atoms with Crippen LogP contribution in [0.4, 0.5) is 0 Å². The molecule has 0 heteroatoms. The molecule has 0 heterocycles. The van der Waals surface area contributed by atoms with E-state index in [4.69, 9.17) is 0 Å². The fourth-order valence-corrected chi connectivity index (χ4v) is 8.82. The summed E-state index contributed by atoms with van der Waals surface area (Å²) in [6.07, 6.45) is 0. The third kappa shape index (κ3) is 3.39. The normalized spacial score (nSPS) is 12.2. The summed E-state index contributed by atoms with van der Waals surface area (Å²) >= 11 is 0. The molecular formula is C48H28. The number of benzene rings is 9. The van der Waals surface area contributed by atoms with Crippen LogP contribution in [0.2, 0.25) is 0 Å². The van der Waals surface area contributed by atoms with Gasteiger partial charge in [0, 0.05) is 0 Å². The van der Waals surface area contributed by atoms with Crippen LogP contribution in [0.3, 0.4) is 0 Å². The Labute approximate surface area is 277 Å². The summed E-state index contributed by atoms with van der Waals surface area (Å²) in [5, 5.41) is 18.6. The maximum atomic E-state index is 2.51. The highest BCUT2D eigenvalue weighted by Crippen LogP contribution is 2.54. The van der Waals surface area contributed by atoms with Gasteiger partial charge in [-0.25, -0.2) is 0 Å². The molecule has 0 spiro atoms. The summed E-state index contributed by atoms with van der Waals surface area (Å²) in [4.78, 5) is 0. The molecule has 0 aromatic heterocycles. The largest absolute Gasteiger partial charge is 0.0622 e. The van der Waals surface area contributed by atoms with E-state index >= 15 is 0 Å². The van der Waals surface area contributed by atoms with Gasteiger partial charge in [0.05, 0.1) is 0 Å². The molecule has 11 aromatic rings. The molecule has 0 N–H and O–H groups in total. The van der Waals surface area contributed by atoms with E-state index in [1.165, 1.54) is 109 Å². The van der Waals surface area contributed by atoms with E-state index in [0.717, 1.165) is 0 Å². The third-order valence-electron chi connectivity index (χ3n) is 10.7. The first-order valence-electron chi connectivity index (χ1n) is 16.8. The van der Waals surface area contributed by atoms with Gasteiger partial charge >= 0.3 is 0 Å². The van der Waals surface area contributed by atoms with Gasteiger partial charge in [-0.15, -0.1) is 0 Å². The Balaban J connectivity index is 1.49. The lowest BCUT2D eigenvalue weighted by Gasteiger charge is -2.19. The topological polar surface area (TPSA) is 0 Å². The van der Waals surface area contributed by atoms with Crippen molar-refractivity contribution in [3.63, 3.8) is 0 Å². The summed E-state index contributed by atoms with van der Waals surface area (Å²) in [6.45, 7) is 0. The van der Waals surface area contributed by atoms with Crippen molar-refractivity contribution in [2.24, 2.45) is 0 Å². The summed E-state index contributed by atoms with van der Waals surface area (Å²) in [5.41, 5.74) is 7.63. The Bertz CT molecular complexity index is 3010. The molecule has 0 amide bonds. The van der Waals surface area contributed by atoms with Crippen molar-refractivity contribution in [3.8, 4) is 33.4 Å². The molecule has 0 nitrogen and oxygen atoms in total. The number of hydrogen-bond donors (Lipinski definition) is 0. The molecule has 0 aliphatic carbocycles. The van der Waals surface area contributed by atoms with Crippen molar-refractivity contribution in [2.75, 3.05) is 0 Å². The third-order valence-corrected chi connectivity index (χ3v) is 10.7. The second kappa shape index (κ2) is 9.64. The minimum absolute atomic E-state index is 1.24. The molecular weight excluding hydrogens is 577 g/mol. The van der Waals surface area contributed by atoms with Crippen LogP contribution in [0.15, 0.2) is 170 Å². The molecule has 11 aromatic carbocycles. The first-order valence-corrected chi connectivity index (χ1v) is 16.8. The van der Waals surface area contributed by atoms with Crippen molar-refractivity contribution in [2.45, 2.75) is 0 Å². The second-order valence-electron chi connectivity index (χ2n) is 13.1. The average molecular weight is 605 g/mol. The zero-order valence-electron chi connectivity index (χ0n) is 26.2. The van der Waals surface area contributed by atoms with Crippen molar-refractivity contribution in [1.29, 1.82) is 0 Å². The number of hydrogen-bond acceptors (Lipinski definition) is 0. The zero-order valence-corrected chi connectivity index (χ0v) is 26.2. The molecule has 0 atom stereocenters. The average Bonchev–Trinajstić information content (AvgIpc) is 3.66. The zero-order chi connectivity index (χ0) is 31.3. The Kier molecular flexibility index (Phi) is 5.20. The van der Waals surface area contributed by atoms with Crippen LogP contribution in [0.5, 0.6) is 0 Å². The van der Waals surface area contributed by atoms with Crippen molar-refractivity contribution >= 4 is 75.4 Å². The standard InChI is InChI=1S/C48H28/c1-4-14-29(15-5-1)33-26-32-20-12-24-37-42(32)40(27-33)48-44(31-18-8-3-9-19-31)46-38-25-13-23-36-34-21-10-11-22-35(34)39(45(36)38)28-41(46)43(47(37)48)30-16-6-2-7-17-30/h1-28H. The van der Waals surface area contributed by atoms with Gasteiger partial charge < -0.3 is 0 Å². The Morgan fingerprint density at radius 1 is 0.208 bits per heavy atom. The molecule has 0 radical (unpaired) electrons. The van der Waals surface area contributed by atoms with E-state index in [1.807, 2.05) is 0 Å². The summed E-state index contributed by atoms with van der Waals surface area (Å²) < 4.78 is 0. The fourth-order valence-electron chi connectivity index (χ4n) is 8.82. The first-order chi connectivity index (χ1) is 23.8. The van der Waals surface area contributed by atoms with Gasteiger partial charge in [-0.3, -0.25) is 0 Å². The van der Waals surface area contributed by atoms with Crippen LogP contribution < -0.4 is 0 Å². The maximum absolute atomic E-state index is 2.51. The smallest absolute Gasteiger partial charge is 0.000697 e. The van der Waals surface area contributed by atoms with E-state index in [0.29, 0.717) is 0 Å². The highest BCUT2D eigenvalue weighted by atomic mass is 14.3. The minimum Gasteiger partial charge on any atom is -0.0622 e. The van der Waals surface area contributed by atoms with Gasteiger partial charge in [-0.05, 0) is 127 Å². The van der Waals surface area contributed by atoms with Crippen molar-refractivity contribution in [3.05, 3.63) is 170 Å². The molecule has 0 aliphatic heterocycles. The van der Waals surface area contributed by atoms with Crippen molar-refractivity contribution in [1.82, 2.24) is 0 Å². The van der Waals surface area contributed by atoms with Crippen LogP contribution >= 0.6 is 0 Å².